The van der Waals surface area contributed by atoms with Crippen molar-refractivity contribution in [3.05, 3.63) is 187 Å². The van der Waals surface area contributed by atoms with Gasteiger partial charge in [-0.05, 0) is 98.4 Å². The molecule has 0 saturated heterocycles. The number of hydrogen-bond donors (Lipinski definition) is 0. The number of fused-ring (bicyclic) bond motifs is 8. The summed E-state index contributed by atoms with van der Waals surface area (Å²) in [5.74, 6) is 0. The summed E-state index contributed by atoms with van der Waals surface area (Å²) in [5.41, 5.74) is 13.6. The summed E-state index contributed by atoms with van der Waals surface area (Å²) in [6, 6.07) is 64.8. The van der Waals surface area contributed by atoms with Crippen molar-refractivity contribution in [2.45, 2.75) is 19.3 Å². The van der Waals surface area contributed by atoms with E-state index in [-0.39, 0.29) is 5.41 Å². The smallest absolute Gasteiger partial charge is 0.0467 e. The van der Waals surface area contributed by atoms with Crippen LogP contribution in [0.4, 0.5) is 17.1 Å². The second-order valence-corrected chi connectivity index (χ2v) is 15.2. The predicted octanol–water partition coefficient (Wildman–Crippen LogP) is 14.3. The van der Waals surface area contributed by atoms with E-state index in [4.69, 9.17) is 0 Å². The third-order valence-electron chi connectivity index (χ3n) is 10.9. The van der Waals surface area contributed by atoms with E-state index < -0.39 is 0 Å². The average Bonchev–Trinajstić information content (AvgIpc) is 3.68. The van der Waals surface area contributed by atoms with Gasteiger partial charge in [-0.1, -0.05) is 141 Å². The van der Waals surface area contributed by atoms with Gasteiger partial charge in [-0.25, -0.2) is 0 Å². The Balaban J connectivity index is 1.09. The quantitative estimate of drug-likeness (QED) is 0.176. The molecule has 0 amide bonds. The molecule has 51 heavy (non-hydrogen) atoms. The van der Waals surface area contributed by atoms with Crippen molar-refractivity contribution in [3.63, 3.8) is 0 Å². The molecule has 8 aromatic carbocycles. The lowest BCUT2D eigenvalue weighted by molar-refractivity contribution is 0.660. The molecule has 0 aliphatic heterocycles. The zero-order chi connectivity index (χ0) is 34.1. The van der Waals surface area contributed by atoms with Crippen molar-refractivity contribution >= 4 is 59.3 Å². The molecule has 1 aliphatic carbocycles. The Morgan fingerprint density at radius 2 is 1.06 bits per heavy atom. The van der Waals surface area contributed by atoms with E-state index >= 15 is 0 Å². The summed E-state index contributed by atoms with van der Waals surface area (Å²) in [7, 11) is 0. The molecule has 1 nitrogen and oxygen atoms in total. The minimum atomic E-state index is -0.0841. The van der Waals surface area contributed by atoms with Gasteiger partial charge in [0.25, 0.3) is 0 Å². The number of hydrogen-bond acceptors (Lipinski definition) is 2. The molecule has 242 valence electrons. The normalized spacial score (nSPS) is 13.1. The number of thiophene rings is 1. The number of nitrogens with zero attached hydrogens (tertiary/aromatic N) is 1. The molecule has 0 unspecified atom stereocenters. The standard InChI is InChI=1S/C49H35NS/c1-49(2)45-17-8-6-15-40(45)41-28-26-39(31-46(41)49)50(38-14-10-13-35(29-38)32-11-4-3-5-12-32)37-24-21-33(22-25-37)36-20-19-34-23-27-43-42-16-7-9-18-47(42)51-48(43)44(34)30-36/h3-31H,1-2H3. The van der Waals surface area contributed by atoms with Crippen LogP contribution in [0.25, 0.3) is 64.3 Å². The molecule has 1 aliphatic rings. The van der Waals surface area contributed by atoms with Crippen LogP contribution in [0.15, 0.2) is 176 Å². The van der Waals surface area contributed by atoms with Crippen molar-refractivity contribution in [1.82, 2.24) is 0 Å². The van der Waals surface area contributed by atoms with Crippen LogP contribution in [0, 0.1) is 0 Å². The maximum absolute atomic E-state index is 2.41. The third kappa shape index (κ3) is 4.82. The van der Waals surface area contributed by atoms with Crippen molar-refractivity contribution in [3.8, 4) is 33.4 Å². The monoisotopic (exact) mass is 669 g/mol. The fourth-order valence-corrected chi connectivity index (χ4v) is 9.45. The first-order valence-electron chi connectivity index (χ1n) is 17.7. The Hall–Kier alpha value is -5.96. The molecule has 1 aromatic heterocycles. The molecule has 0 saturated carbocycles. The van der Waals surface area contributed by atoms with Crippen LogP contribution in [-0.2, 0) is 5.41 Å². The minimum Gasteiger partial charge on any atom is -0.310 e. The molecule has 0 N–H and O–H groups in total. The molecule has 10 rings (SSSR count). The highest BCUT2D eigenvalue weighted by Crippen LogP contribution is 2.51. The van der Waals surface area contributed by atoms with Crippen LogP contribution in [0.1, 0.15) is 25.0 Å². The van der Waals surface area contributed by atoms with Gasteiger partial charge < -0.3 is 4.90 Å². The first-order chi connectivity index (χ1) is 25.0. The van der Waals surface area contributed by atoms with Gasteiger partial charge in [0.1, 0.15) is 0 Å². The van der Waals surface area contributed by atoms with E-state index in [0.29, 0.717) is 0 Å². The Morgan fingerprint density at radius 3 is 1.94 bits per heavy atom. The highest BCUT2D eigenvalue weighted by atomic mass is 32.1. The first kappa shape index (κ1) is 29.9. The van der Waals surface area contributed by atoms with Crippen LogP contribution in [-0.4, -0.2) is 0 Å². The lowest BCUT2D eigenvalue weighted by Gasteiger charge is -2.28. The van der Waals surface area contributed by atoms with E-state index in [0.717, 1.165) is 17.1 Å². The summed E-state index contributed by atoms with van der Waals surface area (Å²) < 4.78 is 2.70. The Labute approximate surface area is 302 Å². The zero-order valence-corrected chi connectivity index (χ0v) is 29.4. The summed E-state index contributed by atoms with van der Waals surface area (Å²) in [6.07, 6.45) is 0. The maximum Gasteiger partial charge on any atom is 0.0467 e. The number of anilines is 3. The van der Waals surface area contributed by atoms with E-state index in [1.165, 1.54) is 75.5 Å². The molecule has 0 spiro atoms. The Kier molecular flexibility index (Phi) is 6.78. The van der Waals surface area contributed by atoms with Crippen LogP contribution in [0.2, 0.25) is 0 Å². The molecule has 9 aromatic rings. The number of benzene rings is 8. The Morgan fingerprint density at radius 1 is 0.412 bits per heavy atom. The van der Waals surface area contributed by atoms with Crippen molar-refractivity contribution in [1.29, 1.82) is 0 Å². The molecular weight excluding hydrogens is 635 g/mol. The van der Waals surface area contributed by atoms with Gasteiger partial charge in [0.15, 0.2) is 0 Å². The SMILES string of the molecule is CC1(C)c2ccccc2-c2ccc(N(c3ccc(-c4ccc5ccc6c7ccccc7sc6c5c4)cc3)c3cccc(-c4ccccc4)c3)cc21. The topological polar surface area (TPSA) is 3.24 Å². The van der Waals surface area contributed by atoms with Gasteiger partial charge in [-0.3, -0.25) is 0 Å². The molecule has 0 atom stereocenters. The summed E-state index contributed by atoms with van der Waals surface area (Å²) in [4.78, 5) is 2.41. The van der Waals surface area contributed by atoms with Gasteiger partial charge in [-0.2, -0.15) is 0 Å². The third-order valence-corrected chi connectivity index (χ3v) is 12.1. The van der Waals surface area contributed by atoms with Gasteiger partial charge in [0, 0.05) is 48.0 Å². The van der Waals surface area contributed by atoms with E-state index in [2.05, 4.69) is 195 Å². The Bertz CT molecular complexity index is 2770. The maximum atomic E-state index is 2.41. The van der Waals surface area contributed by atoms with E-state index in [1.807, 2.05) is 11.3 Å². The molecule has 0 bridgehead atoms. The fourth-order valence-electron chi connectivity index (χ4n) is 8.22. The van der Waals surface area contributed by atoms with Crippen molar-refractivity contribution < 1.29 is 0 Å². The van der Waals surface area contributed by atoms with E-state index in [1.54, 1.807) is 0 Å². The summed E-state index contributed by atoms with van der Waals surface area (Å²) >= 11 is 1.89. The van der Waals surface area contributed by atoms with Crippen molar-refractivity contribution in [2.24, 2.45) is 0 Å². The molecule has 0 radical (unpaired) electrons. The van der Waals surface area contributed by atoms with E-state index in [9.17, 15) is 0 Å². The van der Waals surface area contributed by atoms with Crippen LogP contribution in [0.3, 0.4) is 0 Å². The molecule has 0 fully saturated rings. The highest BCUT2D eigenvalue weighted by molar-refractivity contribution is 7.26. The average molecular weight is 670 g/mol. The lowest BCUT2D eigenvalue weighted by atomic mass is 9.82. The van der Waals surface area contributed by atoms with Crippen LogP contribution >= 0.6 is 11.3 Å². The first-order valence-corrected chi connectivity index (χ1v) is 18.5. The van der Waals surface area contributed by atoms with Gasteiger partial charge in [-0.15, -0.1) is 11.3 Å². The number of rotatable bonds is 5. The van der Waals surface area contributed by atoms with Crippen LogP contribution in [0.5, 0.6) is 0 Å². The fraction of sp³-hybridized carbons (Fsp3) is 0.0612. The highest BCUT2D eigenvalue weighted by Gasteiger charge is 2.35. The summed E-state index contributed by atoms with van der Waals surface area (Å²) in [6.45, 7) is 4.71. The van der Waals surface area contributed by atoms with Gasteiger partial charge in [0.05, 0.1) is 0 Å². The molecule has 1 heterocycles. The van der Waals surface area contributed by atoms with Gasteiger partial charge >= 0.3 is 0 Å². The van der Waals surface area contributed by atoms with Gasteiger partial charge in [0.2, 0.25) is 0 Å². The second-order valence-electron chi connectivity index (χ2n) is 14.2. The minimum absolute atomic E-state index is 0.0841. The second kappa shape index (κ2) is 11.6. The van der Waals surface area contributed by atoms with Crippen molar-refractivity contribution in [2.75, 3.05) is 4.90 Å². The predicted molar refractivity (Wildman–Crippen MR) is 220 cm³/mol. The zero-order valence-electron chi connectivity index (χ0n) is 28.6. The summed E-state index contributed by atoms with van der Waals surface area (Å²) in [5, 5.41) is 5.27. The lowest BCUT2D eigenvalue weighted by Crippen LogP contribution is -2.16. The van der Waals surface area contributed by atoms with Crippen LogP contribution < -0.4 is 4.90 Å². The molecular formula is C49H35NS. The largest absolute Gasteiger partial charge is 0.310 e. The molecule has 2 heteroatoms.